The number of piperazine rings is 1. The van der Waals surface area contributed by atoms with Crippen molar-refractivity contribution in [1.82, 2.24) is 0 Å². The number of nitrogens with two attached hydrogens (primary N) is 1. The Balaban J connectivity index is 1.65. The molecular weight excluding hydrogens is 372 g/mol. The number of aryl methyl sites for hydroxylation is 2. The molecule has 0 bridgehead atoms. The van der Waals surface area contributed by atoms with Gasteiger partial charge in [-0.2, -0.15) is 0 Å². The summed E-state index contributed by atoms with van der Waals surface area (Å²) in [5, 5.41) is 1.74. The first-order chi connectivity index (χ1) is 14.5. The number of rotatable bonds is 4. The van der Waals surface area contributed by atoms with Crippen LogP contribution in [-0.4, -0.2) is 32.1 Å². The van der Waals surface area contributed by atoms with Gasteiger partial charge in [0.05, 0.1) is 10.9 Å². The number of hydrogen-bond donors (Lipinski definition) is 1. The number of anilines is 2. The van der Waals surface area contributed by atoms with Gasteiger partial charge in [0.15, 0.2) is 0 Å². The van der Waals surface area contributed by atoms with E-state index in [9.17, 15) is 4.79 Å². The molecule has 30 heavy (non-hydrogen) atoms. The van der Waals surface area contributed by atoms with Crippen molar-refractivity contribution in [1.29, 1.82) is 0 Å². The van der Waals surface area contributed by atoms with Crippen LogP contribution in [0, 0.1) is 13.8 Å². The van der Waals surface area contributed by atoms with Crippen LogP contribution in [0.2, 0.25) is 0 Å². The van der Waals surface area contributed by atoms with E-state index in [1.165, 1.54) is 22.4 Å². The SMILES string of the molecule is CCC1=CN=c2c(C(N)=O)ccc(N3CCN(c4cc(C)ccc4C)CC3)c2=CC1. The Kier molecular flexibility index (Phi) is 5.62. The molecule has 2 aromatic carbocycles. The molecule has 2 aliphatic heterocycles. The molecule has 0 spiro atoms. The molecule has 2 N–H and O–H groups in total. The van der Waals surface area contributed by atoms with Crippen LogP contribution in [-0.2, 0) is 0 Å². The van der Waals surface area contributed by atoms with Crippen molar-refractivity contribution in [2.45, 2.75) is 33.6 Å². The first kappa shape index (κ1) is 20.2. The highest BCUT2D eigenvalue weighted by Gasteiger charge is 2.21. The monoisotopic (exact) mass is 402 g/mol. The molecule has 0 radical (unpaired) electrons. The summed E-state index contributed by atoms with van der Waals surface area (Å²) in [7, 11) is 0. The third-order valence-corrected chi connectivity index (χ3v) is 6.18. The number of nitrogens with zero attached hydrogens (tertiary/aromatic N) is 3. The van der Waals surface area contributed by atoms with Crippen LogP contribution < -0.4 is 26.1 Å². The van der Waals surface area contributed by atoms with Crippen LogP contribution >= 0.6 is 0 Å². The minimum atomic E-state index is -0.428. The van der Waals surface area contributed by atoms with E-state index >= 15 is 0 Å². The number of carbonyl (C=O) groups is 1. The number of allylic oxidation sites excluding steroid dienone is 1. The Bertz CT molecular complexity index is 1120. The fraction of sp³-hybridized carbons (Fsp3) is 0.360. The van der Waals surface area contributed by atoms with E-state index in [0.717, 1.165) is 49.9 Å². The normalized spacial score (nSPS) is 16.2. The van der Waals surface area contributed by atoms with Gasteiger partial charge in [0.25, 0.3) is 5.91 Å². The number of fused-ring (bicyclic) bond motifs is 1. The van der Waals surface area contributed by atoms with Crippen molar-refractivity contribution in [3.05, 3.63) is 69.4 Å². The topological polar surface area (TPSA) is 61.9 Å². The Labute approximate surface area is 178 Å². The van der Waals surface area contributed by atoms with Gasteiger partial charge >= 0.3 is 0 Å². The molecule has 2 aromatic rings. The molecule has 2 aliphatic rings. The lowest BCUT2D eigenvalue weighted by molar-refractivity contribution is 0.0999. The summed E-state index contributed by atoms with van der Waals surface area (Å²) in [5.41, 5.74) is 12.5. The number of hydrogen-bond acceptors (Lipinski definition) is 4. The van der Waals surface area contributed by atoms with Crippen molar-refractivity contribution < 1.29 is 4.79 Å². The van der Waals surface area contributed by atoms with Crippen LogP contribution in [0.5, 0.6) is 0 Å². The molecule has 0 aromatic heterocycles. The van der Waals surface area contributed by atoms with Gasteiger partial charge < -0.3 is 15.5 Å². The van der Waals surface area contributed by atoms with Crippen LogP contribution in [0.25, 0.3) is 6.08 Å². The standard InChI is InChI=1S/C25H30N4O/c1-4-19-7-8-20-22(10-9-21(25(26)30)24(20)27-16-19)28-11-13-29(14-12-28)23-15-17(2)5-6-18(23)3/h5-6,8-10,15-16H,4,7,11-14H2,1-3H3,(H2,26,30). The van der Waals surface area contributed by atoms with Gasteiger partial charge in [-0.25, -0.2) is 0 Å². The van der Waals surface area contributed by atoms with Crippen molar-refractivity contribution in [3.8, 4) is 0 Å². The Morgan fingerprint density at radius 1 is 1.03 bits per heavy atom. The van der Waals surface area contributed by atoms with Gasteiger partial charge in [0.2, 0.25) is 0 Å². The molecule has 5 heteroatoms. The molecule has 0 atom stereocenters. The van der Waals surface area contributed by atoms with Crippen LogP contribution in [0.3, 0.4) is 0 Å². The van der Waals surface area contributed by atoms with Gasteiger partial charge in [0.1, 0.15) is 0 Å². The van der Waals surface area contributed by atoms with Crippen molar-refractivity contribution in [2.75, 3.05) is 36.0 Å². The number of benzene rings is 2. The van der Waals surface area contributed by atoms with E-state index in [1.54, 1.807) is 0 Å². The summed E-state index contributed by atoms with van der Waals surface area (Å²) in [6.07, 6.45) is 5.91. The summed E-state index contributed by atoms with van der Waals surface area (Å²) in [5.74, 6) is -0.428. The smallest absolute Gasteiger partial charge is 0.250 e. The minimum Gasteiger partial charge on any atom is -0.368 e. The Hall–Kier alpha value is -3.08. The number of primary amides is 1. The van der Waals surface area contributed by atoms with Crippen molar-refractivity contribution >= 4 is 23.4 Å². The third-order valence-electron chi connectivity index (χ3n) is 6.18. The highest BCUT2D eigenvalue weighted by molar-refractivity contribution is 5.93. The quantitative estimate of drug-likeness (QED) is 0.855. The summed E-state index contributed by atoms with van der Waals surface area (Å²) in [6.45, 7) is 10.2. The second-order valence-electron chi connectivity index (χ2n) is 8.20. The number of carbonyl (C=O) groups excluding carboxylic acids is 1. The fourth-order valence-electron chi connectivity index (χ4n) is 4.34. The highest BCUT2D eigenvalue weighted by atomic mass is 16.1. The highest BCUT2D eigenvalue weighted by Crippen LogP contribution is 2.24. The van der Waals surface area contributed by atoms with E-state index in [4.69, 9.17) is 5.73 Å². The minimum absolute atomic E-state index is 0.428. The largest absolute Gasteiger partial charge is 0.368 e. The van der Waals surface area contributed by atoms with Gasteiger partial charge in [-0.1, -0.05) is 25.1 Å². The average Bonchev–Trinajstić information content (AvgIpc) is 2.97. The molecule has 1 amide bonds. The molecule has 5 nitrogen and oxygen atoms in total. The molecular formula is C25H30N4O. The molecule has 4 rings (SSSR count). The van der Waals surface area contributed by atoms with E-state index in [-0.39, 0.29) is 0 Å². The lowest BCUT2D eigenvalue weighted by Crippen LogP contribution is -2.49. The molecule has 2 heterocycles. The van der Waals surface area contributed by atoms with E-state index in [1.807, 2.05) is 18.3 Å². The van der Waals surface area contributed by atoms with Crippen LogP contribution in [0.4, 0.5) is 11.4 Å². The lowest BCUT2D eigenvalue weighted by atomic mass is 10.1. The molecule has 156 valence electrons. The maximum atomic E-state index is 12.0. The van der Waals surface area contributed by atoms with Gasteiger partial charge in [0, 0.05) is 49.0 Å². The van der Waals surface area contributed by atoms with Gasteiger partial charge in [-0.15, -0.1) is 0 Å². The average molecular weight is 403 g/mol. The predicted octanol–water partition coefficient (Wildman–Crippen LogP) is 2.83. The maximum Gasteiger partial charge on any atom is 0.250 e. The Morgan fingerprint density at radius 2 is 1.73 bits per heavy atom. The van der Waals surface area contributed by atoms with E-state index in [2.05, 4.69) is 59.8 Å². The zero-order chi connectivity index (χ0) is 21.3. The predicted molar refractivity (Wildman–Crippen MR) is 124 cm³/mol. The zero-order valence-corrected chi connectivity index (χ0v) is 18.1. The second kappa shape index (κ2) is 8.34. The van der Waals surface area contributed by atoms with Crippen molar-refractivity contribution in [2.24, 2.45) is 10.7 Å². The first-order valence-electron chi connectivity index (χ1n) is 10.7. The van der Waals surface area contributed by atoms with Crippen LogP contribution in [0.15, 0.2) is 47.1 Å². The van der Waals surface area contributed by atoms with Gasteiger partial charge in [-0.3, -0.25) is 9.79 Å². The Morgan fingerprint density at radius 3 is 2.40 bits per heavy atom. The third kappa shape index (κ3) is 3.84. The molecule has 0 unspecified atom stereocenters. The van der Waals surface area contributed by atoms with Crippen LogP contribution in [0.1, 0.15) is 41.3 Å². The first-order valence-corrected chi connectivity index (χ1v) is 10.7. The maximum absolute atomic E-state index is 12.0. The van der Waals surface area contributed by atoms with Crippen molar-refractivity contribution in [3.63, 3.8) is 0 Å². The summed E-state index contributed by atoms with van der Waals surface area (Å²) < 4.78 is 0. The van der Waals surface area contributed by atoms with Gasteiger partial charge in [-0.05, 0) is 61.6 Å². The second-order valence-corrected chi connectivity index (χ2v) is 8.20. The molecule has 1 fully saturated rings. The lowest BCUT2D eigenvalue weighted by Gasteiger charge is -2.38. The summed E-state index contributed by atoms with van der Waals surface area (Å²) in [6, 6.07) is 10.5. The van der Waals surface area contributed by atoms with E-state index < -0.39 is 5.91 Å². The zero-order valence-electron chi connectivity index (χ0n) is 18.1. The summed E-state index contributed by atoms with van der Waals surface area (Å²) >= 11 is 0. The fourth-order valence-corrected chi connectivity index (χ4v) is 4.34. The summed E-state index contributed by atoms with van der Waals surface area (Å²) in [4.78, 5) is 21.5. The van der Waals surface area contributed by atoms with E-state index in [0.29, 0.717) is 10.9 Å². The molecule has 0 saturated carbocycles. The molecule has 1 saturated heterocycles. The number of amides is 1. The molecule has 0 aliphatic carbocycles.